The van der Waals surface area contributed by atoms with Gasteiger partial charge in [-0.3, -0.25) is 0 Å². The topological polar surface area (TPSA) is 32.3 Å². The molecule has 0 saturated heterocycles. The fourth-order valence-electron chi connectivity index (χ4n) is 2.99. The van der Waals surface area contributed by atoms with Crippen LogP contribution in [0.3, 0.4) is 0 Å². The van der Waals surface area contributed by atoms with Gasteiger partial charge in [0.2, 0.25) is 0 Å². The van der Waals surface area contributed by atoms with Crippen LogP contribution in [0.25, 0.3) is 0 Å². The normalized spacial score (nSPS) is 34.5. The lowest BCUT2D eigenvalue weighted by molar-refractivity contribution is 0.397. The highest BCUT2D eigenvalue weighted by Gasteiger charge is 2.29. The number of nitrogens with one attached hydrogen (secondary N) is 1. The Bertz CT molecular complexity index is 365. The lowest BCUT2D eigenvalue weighted by Gasteiger charge is -2.37. The minimum atomic E-state index is 0.417. The summed E-state index contributed by atoms with van der Waals surface area (Å²) in [6.45, 7) is 1.03. The molecule has 0 bridgehead atoms. The maximum atomic E-state index is 9.56. The molecule has 2 heteroatoms. The quantitative estimate of drug-likeness (QED) is 0.634. The molecule has 0 aromatic rings. The molecule has 1 fully saturated rings. The summed E-state index contributed by atoms with van der Waals surface area (Å²) in [5, 5.41) is 13.2. The Morgan fingerprint density at radius 3 is 3.20 bits per heavy atom. The van der Waals surface area contributed by atoms with Gasteiger partial charge in [0.05, 0.1) is 0 Å². The van der Waals surface area contributed by atoms with Crippen LogP contribution in [0, 0.1) is 5.92 Å². The van der Waals surface area contributed by atoms with Gasteiger partial charge in [-0.2, -0.15) is 0 Å². The van der Waals surface area contributed by atoms with Gasteiger partial charge in [-0.15, -0.1) is 0 Å². The van der Waals surface area contributed by atoms with Crippen molar-refractivity contribution in [1.29, 1.82) is 0 Å². The van der Waals surface area contributed by atoms with Crippen molar-refractivity contribution in [3.8, 4) is 0 Å². The third kappa shape index (κ3) is 1.53. The molecule has 0 amide bonds. The van der Waals surface area contributed by atoms with Gasteiger partial charge in [0.1, 0.15) is 5.76 Å². The van der Waals surface area contributed by atoms with E-state index in [2.05, 4.69) is 11.4 Å². The Morgan fingerprint density at radius 1 is 1.33 bits per heavy atom. The van der Waals surface area contributed by atoms with Gasteiger partial charge in [0.25, 0.3) is 0 Å². The van der Waals surface area contributed by atoms with Crippen LogP contribution in [-0.4, -0.2) is 17.7 Å². The van der Waals surface area contributed by atoms with E-state index in [1.54, 1.807) is 5.57 Å². The van der Waals surface area contributed by atoms with Gasteiger partial charge in [-0.25, -0.2) is 0 Å². The number of hydrogen-bond donors (Lipinski definition) is 2. The lowest BCUT2D eigenvalue weighted by atomic mass is 9.78. The van der Waals surface area contributed by atoms with Crippen LogP contribution in [0.4, 0.5) is 0 Å². The maximum absolute atomic E-state index is 9.56. The number of fused-ring (bicyclic) bond motifs is 2. The molecule has 1 heterocycles. The standard InChI is InChI=1S/C13H17NO/c15-10-6-5-9-8-14-13-4-2-1-3-11(13)12(9)7-10/h5-7,9,13-15H,1-4,8H2. The second-order valence-electron chi connectivity index (χ2n) is 4.72. The zero-order chi connectivity index (χ0) is 10.3. The molecule has 0 aromatic heterocycles. The summed E-state index contributed by atoms with van der Waals surface area (Å²) in [6.07, 6.45) is 11.0. The van der Waals surface area contributed by atoms with Crippen LogP contribution in [0.1, 0.15) is 25.7 Å². The van der Waals surface area contributed by atoms with Gasteiger partial charge in [0.15, 0.2) is 0 Å². The molecule has 2 N–H and O–H groups in total. The molecule has 3 rings (SSSR count). The molecule has 0 radical (unpaired) electrons. The van der Waals surface area contributed by atoms with Crippen molar-refractivity contribution in [2.24, 2.45) is 5.92 Å². The van der Waals surface area contributed by atoms with Crippen molar-refractivity contribution < 1.29 is 5.11 Å². The Morgan fingerprint density at radius 2 is 2.27 bits per heavy atom. The third-order valence-corrected chi connectivity index (χ3v) is 3.77. The highest BCUT2D eigenvalue weighted by atomic mass is 16.3. The van der Waals surface area contributed by atoms with Crippen LogP contribution in [0.5, 0.6) is 0 Å². The number of rotatable bonds is 0. The van der Waals surface area contributed by atoms with E-state index in [-0.39, 0.29) is 0 Å². The minimum Gasteiger partial charge on any atom is -0.508 e. The first-order chi connectivity index (χ1) is 7.34. The first kappa shape index (κ1) is 9.22. The predicted molar refractivity (Wildman–Crippen MR) is 60.6 cm³/mol. The zero-order valence-corrected chi connectivity index (χ0v) is 8.87. The van der Waals surface area contributed by atoms with E-state index in [0.717, 1.165) is 6.54 Å². The van der Waals surface area contributed by atoms with Crippen LogP contribution >= 0.6 is 0 Å². The van der Waals surface area contributed by atoms with Gasteiger partial charge in [-0.1, -0.05) is 12.5 Å². The Kier molecular flexibility index (Phi) is 2.17. The minimum absolute atomic E-state index is 0.417. The van der Waals surface area contributed by atoms with Crippen molar-refractivity contribution in [2.45, 2.75) is 31.7 Å². The molecule has 2 atom stereocenters. The fourth-order valence-corrected chi connectivity index (χ4v) is 2.99. The summed E-state index contributed by atoms with van der Waals surface area (Å²) in [5.41, 5.74) is 2.94. The first-order valence-electron chi connectivity index (χ1n) is 5.90. The molecule has 1 aliphatic heterocycles. The summed E-state index contributed by atoms with van der Waals surface area (Å²) in [6, 6.07) is 0.584. The smallest absolute Gasteiger partial charge is 0.115 e. The van der Waals surface area contributed by atoms with Gasteiger partial charge in [0, 0.05) is 18.5 Å². The summed E-state index contributed by atoms with van der Waals surface area (Å²) < 4.78 is 0. The summed E-state index contributed by atoms with van der Waals surface area (Å²) >= 11 is 0. The van der Waals surface area contributed by atoms with E-state index in [1.165, 1.54) is 31.3 Å². The molecule has 2 unspecified atom stereocenters. The van der Waals surface area contributed by atoms with Gasteiger partial charge in [-0.05, 0) is 42.6 Å². The van der Waals surface area contributed by atoms with E-state index in [4.69, 9.17) is 0 Å². The fraction of sp³-hybridized carbons (Fsp3) is 0.538. The molecule has 0 spiro atoms. The lowest BCUT2D eigenvalue weighted by Crippen LogP contribution is -2.42. The molecule has 15 heavy (non-hydrogen) atoms. The average molecular weight is 203 g/mol. The SMILES string of the molecule is OC1=CC2=C3CCCCC3NCC2C=C1. The number of hydrogen-bond acceptors (Lipinski definition) is 2. The molecule has 2 nitrogen and oxygen atoms in total. The van der Waals surface area contributed by atoms with Gasteiger partial charge < -0.3 is 10.4 Å². The van der Waals surface area contributed by atoms with Crippen molar-refractivity contribution in [2.75, 3.05) is 6.54 Å². The molecule has 3 aliphatic rings. The third-order valence-electron chi connectivity index (χ3n) is 3.77. The molecular weight excluding hydrogens is 186 g/mol. The van der Waals surface area contributed by atoms with Crippen LogP contribution in [0.2, 0.25) is 0 Å². The van der Waals surface area contributed by atoms with E-state index in [1.807, 2.05) is 12.2 Å². The maximum Gasteiger partial charge on any atom is 0.115 e. The summed E-state index contributed by atoms with van der Waals surface area (Å²) in [7, 11) is 0. The number of allylic oxidation sites excluding steroid dienone is 2. The Labute approximate surface area is 90.4 Å². The molecule has 1 saturated carbocycles. The van der Waals surface area contributed by atoms with Gasteiger partial charge >= 0.3 is 0 Å². The molecule has 0 aromatic carbocycles. The second-order valence-corrected chi connectivity index (χ2v) is 4.72. The highest BCUT2D eigenvalue weighted by molar-refractivity contribution is 5.43. The zero-order valence-electron chi connectivity index (χ0n) is 8.87. The highest BCUT2D eigenvalue weighted by Crippen LogP contribution is 2.35. The monoisotopic (exact) mass is 203 g/mol. The Hall–Kier alpha value is -1.02. The van der Waals surface area contributed by atoms with E-state index in [0.29, 0.717) is 17.7 Å². The second kappa shape index (κ2) is 3.53. The average Bonchev–Trinajstić information content (AvgIpc) is 2.29. The van der Waals surface area contributed by atoms with Crippen LogP contribution < -0.4 is 5.32 Å². The Balaban J connectivity index is 2.02. The molecule has 80 valence electrons. The van der Waals surface area contributed by atoms with Crippen molar-refractivity contribution >= 4 is 0 Å². The number of aliphatic hydroxyl groups excluding tert-OH is 1. The summed E-state index contributed by atoms with van der Waals surface area (Å²) in [5.74, 6) is 0.908. The largest absolute Gasteiger partial charge is 0.508 e. The molecular formula is C13H17NO. The van der Waals surface area contributed by atoms with Crippen LogP contribution in [0.15, 0.2) is 35.1 Å². The van der Waals surface area contributed by atoms with Crippen LogP contribution in [-0.2, 0) is 0 Å². The van der Waals surface area contributed by atoms with Crippen molar-refractivity contribution in [3.05, 3.63) is 35.1 Å². The number of aliphatic hydroxyl groups is 1. The molecule has 2 aliphatic carbocycles. The predicted octanol–water partition coefficient (Wildman–Crippen LogP) is 2.46. The van der Waals surface area contributed by atoms with Crippen molar-refractivity contribution in [1.82, 2.24) is 5.32 Å². The van der Waals surface area contributed by atoms with E-state index in [9.17, 15) is 5.11 Å². The summed E-state index contributed by atoms with van der Waals surface area (Å²) in [4.78, 5) is 0. The van der Waals surface area contributed by atoms with E-state index >= 15 is 0 Å². The first-order valence-corrected chi connectivity index (χ1v) is 5.90. The van der Waals surface area contributed by atoms with E-state index < -0.39 is 0 Å². The van der Waals surface area contributed by atoms with Crippen molar-refractivity contribution in [3.63, 3.8) is 0 Å².